The number of nitrogens with zero attached hydrogens (tertiary/aromatic N) is 2. The highest BCUT2D eigenvalue weighted by Crippen LogP contribution is 2.25. The van der Waals surface area contributed by atoms with E-state index in [9.17, 15) is 4.79 Å². The number of amides is 1. The molecule has 1 N–H and O–H groups in total. The summed E-state index contributed by atoms with van der Waals surface area (Å²) < 4.78 is 2.04. The molecule has 2 aromatic carbocycles. The molecule has 4 nitrogen and oxygen atoms in total. The fraction of sp³-hybridized carbons (Fsp3) is 0.273. The lowest BCUT2D eigenvalue weighted by atomic mass is 10.1. The first-order valence-electron chi connectivity index (χ1n) is 8.96. The van der Waals surface area contributed by atoms with Gasteiger partial charge in [0.2, 0.25) is 5.91 Å². The van der Waals surface area contributed by atoms with Crippen LogP contribution >= 0.6 is 11.8 Å². The lowest BCUT2D eigenvalue weighted by Gasteiger charge is -2.13. The fourth-order valence-electron chi connectivity index (χ4n) is 3.24. The second kappa shape index (κ2) is 8.01. The van der Waals surface area contributed by atoms with Crippen LogP contribution in [0.3, 0.4) is 0 Å². The number of benzene rings is 2. The second-order valence-corrected chi connectivity index (χ2v) is 7.92. The molecule has 0 fully saturated rings. The largest absolute Gasteiger partial charge is 0.325 e. The average molecular weight is 380 g/mol. The summed E-state index contributed by atoms with van der Waals surface area (Å²) in [6, 6.07) is 10.5. The zero-order valence-electron chi connectivity index (χ0n) is 16.5. The van der Waals surface area contributed by atoms with Crippen LogP contribution in [0.1, 0.15) is 27.8 Å². The Morgan fingerprint density at radius 3 is 2.41 bits per heavy atom. The van der Waals surface area contributed by atoms with Crippen LogP contribution in [0.4, 0.5) is 5.69 Å². The Morgan fingerprint density at radius 1 is 1.00 bits per heavy atom. The SMILES string of the molecule is Cc1cc(C)c(NC(=O)CSc2nccn2-c2cc(C)ccc2C)c(C)c1. The van der Waals surface area contributed by atoms with Gasteiger partial charge in [0.25, 0.3) is 0 Å². The molecule has 140 valence electrons. The van der Waals surface area contributed by atoms with E-state index in [1.807, 2.05) is 24.6 Å². The molecule has 0 saturated heterocycles. The van der Waals surface area contributed by atoms with E-state index in [1.165, 1.54) is 28.5 Å². The first-order chi connectivity index (χ1) is 12.8. The number of nitrogens with one attached hydrogen (secondary N) is 1. The summed E-state index contributed by atoms with van der Waals surface area (Å²) in [4.78, 5) is 16.9. The Kier molecular flexibility index (Phi) is 5.71. The van der Waals surface area contributed by atoms with E-state index in [4.69, 9.17) is 0 Å². The number of aromatic nitrogens is 2. The summed E-state index contributed by atoms with van der Waals surface area (Å²) >= 11 is 1.45. The second-order valence-electron chi connectivity index (χ2n) is 6.98. The van der Waals surface area contributed by atoms with E-state index in [-0.39, 0.29) is 5.91 Å². The number of carbonyl (C=O) groups excluding carboxylic acids is 1. The number of rotatable bonds is 5. The highest BCUT2D eigenvalue weighted by molar-refractivity contribution is 7.99. The first-order valence-corrected chi connectivity index (χ1v) is 9.95. The number of hydrogen-bond donors (Lipinski definition) is 1. The number of thioether (sulfide) groups is 1. The van der Waals surface area contributed by atoms with Gasteiger partial charge in [-0.2, -0.15) is 0 Å². The van der Waals surface area contributed by atoms with E-state index in [2.05, 4.69) is 61.4 Å². The van der Waals surface area contributed by atoms with Gasteiger partial charge in [-0.05, 0) is 62.9 Å². The summed E-state index contributed by atoms with van der Waals surface area (Å²) in [5.74, 6) is 0.291. The molecule has 3 aromatic rings. The third kappa shape index (κ3) is 4.42. The van der Waals surface area contributed by atoms with Gasteiger partial charge in [0.15, 0.2) is 5.16 Å². The normalized spacial score (nSPS) is 10.9. The predicted octanol–water partition coefficient (Wildman–Crippen LogP) is 5.15. The summed E-state index contributed by atoms with van der Waals surface area (Å²) in [7, 11) is 0. The van der Waals surface area contributed by atoms with Gasteiger partial charge in [-0.3, -0.25) is 9.36 Å². The van der Waals surface area contributed by atoms with Gasteiger partial charge >= 0.3 is 0 Å². The van der Waals surface area contributed by atoms with Crippen molar-refractivity contribution in [3.05, 3.63) is 70.5 Å². The van der Waals surface area contributed by atoms with Crippen LogP contribution in [-0.4, -0.2) is 21.2 Å². The lowest BCUT2D eigenvalue weighted by Crippen LogP contribution is -2.16. The monoisotopic (exact) mass is 379 g/mol. The molecule has 0 atom stereocenters. The van der Waals surface area contributed by atoms with Gasteiger partial charge in [0, 0.05) is 18.1 Å². The Labute approximate surface area is 165 Å². The Hall–Kier alpha value is -2.53. The van der Waals surface area contributed by atoms with E-state index in [0.717, 1.165) is 27.7 Å². The minimum atomic E-state index is -0.0226. The Morgan fingerprint density at radius 2 is 1.70 bits per heavy atom. The maximum absolute atomic E-state index is 12.5. The molecule has 0 bridgehead atoms. The number of hydrogen-bond acceptors (Lipinski definition) is 3. The van der Waals surface area contributed by atoms with Gasteiger partial charge < -0.3 is 5.32 Å². The van der Waals surface area contributed by atoms with Crippen LogP contribution < -0.4 is 5.32 Å². The molecule has 0 aliphatic carbocycles. The van der Waals surface area contributed by atoms with Gasteiger partial charge in [-0.15, -0.1) is 0 Å². The maximum atomic E-state index is 12.5. The van der Waals surface area contributed by atoms with Gasteiger partial charge in [-0.1, -0.05) is 41.6 Å². The van der Waals surface area contributed by atoms with E-state index in [0.29, 0.717) is 5.75 Å². The molecule has 1 heterocycles. The Bertz CT molecular complexity index is 968. The average Bonchev–Trinajstić information content (AvgIpc) is 3.06. The van der Waals surface area contributed by atoms with Crippen LogP contribution in [0.25, 0.3) is 5.69 Å². The third-order valence-corrected chi connectivity index (χ3v) is 5.47. The highest BCUT2D eigenvalue weighted by atomic mass is 32.2. The van der Waals surface area contributed by atoms with Gasteiger partial charge in [-0.25, -0.2) is 4.98 Å². The molecule has 0 saturated carbocycles. The summed E-state index contributed by atoms with van der Waals surface area (Å²) in [6.45, 7) is 10.3. The molecule has 27 heavy (non-hydrogen) atoms. The highest BCUT2D eigenvalue weighted by Gasteiger charge is 2.13. The van der Waals surface area contributed by atoms with Crippen LogP contribution in [0.5, 0.6) is 0 Å². The smallest absolute Gasteiger partial charge is 0.234 e. The van der Waals surface area contributed by atoms with Gasteiger partial charge in [0.1, 0.15) is 0 Å². The van der Waals surface area contributed by atoms with Crippen LogP contribution in [0.15, 0.2) is 47.9 Å². The molecule has 3 rings (SSSR count). The summed E-state index contributed by atoms with van der Waals surface area (Å²) in [5.41, 5.74) is 7.75. The predicted molar refractivity (Wildman–Crippen MR) is 113 cm³/mol. The van der Waals surface area contributed by atoms with E-state index < -0.39 is 0 Å². The van der Waals surface area contributed by atoms with E-state index in [1.54, 1.807) is 6.20 Å². The van der Waals surface area contributed by atoms with Crippen LogP contribution in [0, 0.1) is 34.6 Å². The molecular formula is C22H25N3OS. The molecule has 0 aliphatic rings. The number of anilines is 1. The van der Waals surface area contributed by atoms with Crippen LogP contribution in [0.2, 0.25) is 0 Å². The summed E-state index contributed by atoms with van der Waals surface area (Å²) in [6.07, 6.45) is 3.71. The fourth-order valence-corrected chi connectivity index (χ4v) is 4.01. The molecule has 1 aromatic heterocycles. The lowest BCUT2D eigenvalue weighted by molar-refractivity contribution is -0.113. The number of imidazole rings is 1. The van der Waals surface area contributed by atoms with Crippen molar-refractivity contribution in [3.63, 3.8) is 0 Å². The van der Waals surface area contributed by atoms with Crippen molar-refractivity contribution < 1.29 is 4.79 Å². The van der Waals surface area contributed by atoms with Crippen molar-refractivity contribution in [2.24, 2.45) is 0 Å². The van der Waals surface area contributed by atoms with E-state index >= 15 is 0 Å². The van der Waals surface area contributed by atoms with Crippen molar-refractivity contribution in [1.29, 1.82) is 0 Å². The molecule has 1 amide bonds. The molecule has 5 heteroatoms. The van der Waals surface area contributed by atoms with Crippen molar-refractivity contribution in [2.45, 2.75) is 39.8 Å². The van der Waals surface area contributed by atoms with Crippen LogP contribution in [-0.2, 0) is 4.79 Å². The topological polar surface area (TPSA) is 46.9 Å². The summed E-state index contributed by atoms with van der Waals surface area (Å²) in [5, 5.41) is 3.87. The number of aryl methyl sites for hydroxylation is 5. The first kappa shape index (κ1) is 19.2. The Balaban J connectivity index is 1.72. The standard InChI is InChI=1S/C22H25N3OS/c1-14-6-7-16(3)19(12-14)25-9-8-23-22(25)27-13-20(26)24-21-17(4)10-15(2)11-18(21)5/h6-12H,13H2,1-5H3,(H,24,26). The number of carbonyl (C=O) groups is 1. The molecular weight excluding hydrogens is 354 g/mol. The molecule has 0 aliphatic heterocycles. The third-order valence-electron chi connectivity index (χ3n) is 4.50. The quantitative estimate of drug-likeness (QED) is 0.624. The molecule has 0 spiro atoms. The van der Waals surface area contributed by atoms with Crippen molar-refractivity contribution in [3.8, 4) is 5.69 Å². The zero-order chi connectivity index (χ0) is 19.6. The van der Waals surface area contributed by atoms with Gasteiger partial charge in [0.05, 0.1) is 11.4 Å². The van der Waals surface area contributed by atoms with Crippen molar-refractivity contribution in [1.82, 2.24) is 9.55 Å². The van der Waals surface area contributed by atoms with Crippen molar-refractivity contribution >= 4 is 23.4 Å². The molecule has 0 radical (unpaired) electrons. The maximum Gasteiger partial charge on any atom is 0.234 e. The molecule has 0 unspecified atom stereocenters. The van der Waals surface area contributed by atoms with Crippen molar-refractivity contribution in [2.75, 3.05) is 11.1 Å². The minimum Gasteiger partial charge on any atom is -0.325 e. The zero-order valence-corrected chi connectivity index (χ0v) is 17.3. The minimum absolute atomic E-state index is 0.0226.